The largest absolute Gasteiger partial charge is 0.389 e. The number of carbonyl (C=O) groups excluding carboxylic acids is 1. The number of carbonyl (C=O) groups is 1. The molecule has 4 nitrogen and oxygen atoms in total. The maximum atomic E-state index is 11.0. The van der Waals surface area contributed by atoms with E-state index in [9.17, 15) is 15.0 Å². The predicted molar refractivity (Wildman–Crippen MR) is 45.6 cm³/mol. The first kappa shape index (κ1) is 11.4. The summed E-state index contributed by atoms with van der Waals surface area (Å²) in [4.78, 5) is 11.0. The van der Waals surface area contributed by atoms with Crippen LogP contribution in [0.15, 0.2) is 0 Å². The SMILES string of the molecule is CC(C)(O)CNC(=O)C(C)(C)O. The maximum absolute atomic E-state index is 11.0. The van der Waals surface area contributed by atoms with Gasteiger partial charge in [-0.05, 0) is 27.7 Å². The molecule has 0 spiro atoms. The van der Waals surface area contributed by atoms with E-state index in [4.69, 9.17) is 0 Å². The molecule has 0 fully saturated rings. The Balaban J connectivity index is 3.90. The number of hydrogen-bond donors (Lipinski definition) is 3. The fraction of sp³-hybridized carbons (Fsp3) is 0.875. The Morgan fingerprint density at radius 1 is 1.25 bits per heavy atom. The molecule has 0 unspecified atom stereocenters. The van der Waals surface area contributed by atoms with Crippen molar-refractivity contribution in [2.24, 2.45) is 0 Å². The van der Waals surface area contributed by atoms with Gasteiger partial charge in [0.25, 0.3) is 5.91 Å². The van der Waals surface area contributed by atoms with Gasteiger partial charge >= 0.3 is 0 Å². The third kappa shape index (κ3) is 5.09. The van der Waals surface area contributed by atoms with Crippen LogP contribution in [0.25, 0.3) is 0 Å². The van der Waals surface area contributed by atoms with E-state index < -0.39 is 17.1 Å². The van der Waals surface area contributed by atoms with Crippen LogP contribution in [0.5, 0.6) is 0 Å². The fourth-order valence-corrected chi connectivity index (χ4v) is 0.513. The summed E-state index contributed by atoms with van der Waals surface area (Å²) in [6.07, 6.45) is 0. The van der Waals surface area contributed by atoms with E-state index in [1.54, 1.807) is 13.8 Å². The first-order valence-electron chi connectivity index (χ1n) is 3.86. The third-order valence-electron chi connectivity index (χ3n) is 1.24. The van der Waals surface area contributed by atoms with E-state index >= 15 is 0 Å². The summed E-state index contributed by atoms with van der Waals surface area (Å²) in [6, 6.07) is 0. The third-order valence-corrected chi connectivity index (χ3v) is 1.24. The molecule has 72 valence electrons. The van der Waals surface area contributed by atoms with Crippen LogP contribution in [0, 0.1) is 0 Å². The molecule has 0 rings (SSSR count). The number of hydrogen-bond acceptors (Lipinski definition) is 3. The van der Waals surface area contributed by atoms with Crippen LogP contribution in [-0.2, 0) is 4.79 Å². The van der Waals surface area contributed by atoms with E-state index in [0.29, 0.717) is 0 Å². The van der Waals surface area contributed by atoms with Crippen molar-refractivity contribution in [2.45, 2.75) is 38.9 Å². The summed E-state index contributed by atoms with van der Waals surface area (Å²) in [5.74, 6) is -0.482. The molecule has 0 bridgehead atoms. The second kappa shape index (κ2) is 3.41. The normalized spacial score (nSPS) is 12.8. The number of rotatable bonds is 3. The summed E-state index contributed by atoms with van der Waals surface area (Å²) in [5.41, 5.74) is -2.33. The van der Waals surface area contributed by atoms with Crippen molar-refractivity contribution >= 4 is 5.91 Å². The summed E-state index contributed by atoms with van der Waals surface area (Å²) >= 11 is 0. The van der Waals surface area contributed by atoms with Crippen LogP contribution in [0.1, 0.15) is 27.7 Å². The van der Waals surface area contributed by atoms with Gasteiger partial charge in [0.15, 0.2) is 0 Å². The highest BCUT2D eigenvalue weighted by Gasteiger charge is 2.25. The minimum absolute atomic E-state index is 0.135. The maximum Gasteiger partial charge on any atom is 0.251 e. The zero-order valence-corrected chi connectivity index (χ0v) is 8.01. The molecule has 1 amide bonds. The molecule has 4 heteroatoms. The lowest BCUT2D eigenvalue weighted by Crippen LogP contribution is -2.47. The second-order valence-corrected chi connectivity index (χ2v) is 4.05. The summed E-state index contributed by atoms with van der Waals surface area (Å²) in [5, 5.41) is 20.8. The molecule has 0 saturated carbocycles. The Bertz CT molecular complexity index is 164. The van der Waals surface area contributed by atoms with Gasteiger partial charge in [0, 0.05) is 6.54 Å². The first-order valence-corrected chi connectivity index (χ1v) is 3.86. The average molecular weight is 175 g/mol. The van der Waals surface area contributed by atoms with Gasteiger partial charge in [0.1, 0.15) is 5.60 Å². The molecular weight excluding hydrogens is 158 g/mol. The lowest BCUT2D eigenvalue weighted by molar-refractivity contribution is -0.137. The molecule has 0 aliphatic carbocycles. The van der Waals surface area contributed by atoms with Crippen LogP contribution in [0.4, 0.5) is 0 Å². The molecule has 0 aliphatic heterocycles. The zero-order chi connectivity index (χ0) is 9.99. The lowest BCUT2D eigenvalue weighted by atomic mass is 10.1. The van der Waals surface area contributed by atoms with Crippen molar-refractivity contribution in [3.05, 3.63) is 0 Å². The quantitative estimate of drug-likeness (QED) is 0.549. The van der Waals surface area contributed by atoms with Gasteiger partial charge in [-0.1, -0.05) is 0 Å². The van der Waals surface area contributed by atoms with Gasteiger partial charge < -0.3 is 15.5 Å². The standard InChI is InChI=1S/C8H17NO3/c1-7(2,11)5-9-6(10)8(3,4)12/h11-12H,5H2,1-4H3,(H,9,10). The smallest absolute Gasteiger partial charge is 0.251 e. The number of nitrogens with one attached hydrogen (secondary N) is 1. The van der Waals surface area contributed by atoms with Crippen LogP contribution in [0.3, 0.4) is 0 Å². The summed E-state index contributed by atoms with van der Waals surface area (Å²) < 4.78 is 0. The summed E-state index contributed by atoms with van der Waals surface area (Å²) in [7, 11) is 0. The van der Waals surface area contributed by atoms with Crippen LogP contribution >= 0.6 is 0 Å². The number of amides is 1. The molecular formula is C8H17NO3. The first-order chi connectivity index (χ1) is 5.13. The molecule has 0 saturated heterocycles. The van der Waals surface area contributed by atoms with Crippen LogP contribution < -0.4 is 5.32 Å². The molecule has 3 N–H and O–H groups in total. The Labute approximate surface area is 72.6 Å². The molecule has 0 heterocycles. The number of aliphatic hydroxyl groups is 2. The van der Waals surface area contributed by atoms with Crippen LogP contribution in [0.2, 0.25) is 0 Å². The molecule has 0 radical (unpaired) electrons. The van der Waals surface area contributed by atoms with Gasteiger partial charge in [-0.3, -0.25) is 4.79 Å². The fourth-order valence-electron chi connectivity index (χ4n) is 0.513. The lowest BCUT2D eigenvalue weighted by Gasteiger charge is -2.21. The monoisotopic (exact) mass is 175 g/mol. The van der Waals surface area contributed by atoms with Crippen molar-refractivity contribution in [1.29, 1.82) is 0 Å². The van der Waals surface area contributed by atoms with Crippen molar-refractivity contribution in [1.82, 2.24) is 5.32 Å². The van der Waals surface area contributed by atoms with Crippen molar-refractivity contribution in [2.75, 3.05) is 6.54 Å². The van der Waals surface area contributed by atoms with Crippen molar-refractivity contribution < 1.29 is 15.0 Å². The highest BCUT2D eigenvalue weighted by molar-refractivity contribution is 5.83. The van der Waals surface area contributed by atoms with Gasteiger partial charge in [-0.2, -0.15) is 0 Å². The Kier molecular flexibility index (Phi) is 3.24. The van der Waals surface area contributed by atoms with Gasteiger partial charge in [-0.25, -0.2) is 0 Å². The summed E-state index contributed by atoms with van der Waals surface area (Å²) in [6.45, 7) is 6.09. The van der Waals surface area contributed by atoms with E-state index in [1.807, 2.05) is 0 Å². The highest BCUT2D eigenvalue weighted by Crippen LogP contribution is 2.02. The van der Waals surface area contributed by atoms with Crippen LogP contribution in [-0.4, -0.2) is 33.9 Å². The average Bonchev–Trinajstić information content (AvgIpc) is 1.78. The zero-order valence-electron chi connectivity index (χ0n) is 8.01. The second-order valence-electron chi connectivity index (χ2n) is 4.05. The molecule has 0 aromatic heterocycles. The van der Waals surface area contributed by atoms with Gasteiger partial charge in [0.2, 0.25) is 0 Å². The molecule has 0 aliphatic rings. The Morgan fingerprint density at radius 2 is 1.67 bits per heavy atom. The van der Waals surface area contributed by atoms with E-state index in [0.717, 1.165) is 0 Å². The Hall–Kier alpha value is -0.610. The van der Waals surface area contributed by atoms with Crippen molar-refractivity contribution in [3.8, 4) is 0 Å². The predicted octanol–water partition coefficient (Wildman–Crippen LogP) is -0.356. The minimum Gasteiger partial charge on any atom is -0.389 e. The Morgan fingerprint density at radius 3 is 1.92 bits per heavy atom. The van der Waals surface area contributed by atoms with Crippen molar-refractivity contribution in [3.63, 3.8) is 0 Å². The minimum atomic E-state index is -1.38. The highest BCUT2D eigenvalue weighted by atomic mass is 16.3. The molecule has 12 heavy (non-hydrogen) atoms. The van der Waals surface area contributed by atoms with E-state index in [2.05, 4.69) is 5.32 Å². The molecule has 0 atom stereocenters. The topological polar surface area (TPSA) is 69.6 Å². The molecule has 0 aromatic carbocycles. The van der Waals surface area contributed by atoms with Gasteiger partial charge in [0.05, 0.1) is 5.60 Å². The van der Waals surface area contributed by atoms with Gasteiger partial charge in [-0.15, -0.1) is 0 Å². The van der Waals surface area contributed by atoms with E-state index in [1.165, 1.54) is 13.8 Å². The van der Waals surface area contributed by atoms with E-state index in [-0.39, 0.29) is 6.54 Å². The molecule has 0 aromatic rings.